The highest BCUT2D eigenvalue weighted by Crippen LogP contribution is 2.29. The zero-order valence-electron chi connectivity index (χ0n) is 10.1. The summed E-state index contributed by atoms with van der Waals surface area (Å²) in [6.45, 7) is 3.93. The molecular formula is C13H15NO2S. The van der Waals surface area contributed by atoms with Gasteiger partial charge in [0, 0.05) is 5.38 Å². The first-order valence-corrected chi connectivity index (χ1v) is 6.29. The molecule has 1 aromatic carbocycles. The Kier molecular flexibility index (Phi) is 3.45. The van der Waals surface area contributed by atoms with E-state index in [1.54, 1.807) is 12.6 Å². The van der Waals surface area contributed by atoms with E-state index >= 15 is 0 Å². The molecule has 4 heteroatoms. The average Bonchev–Trinajstić information content (AvgIpc) is 2.84. The van der Waals surface area contributed by atoms with Gasteiger partial charge in [0.25, 0.3) is 0 Å². The molecule has 0 radical (unpaired) electrons. The van der Waals surface area contributed by atoms with Crippen molar-refractivity contribution in [1.82, 2.24) is 4.98 Å². The lowest BCUT2D eigenvalue weighted by atomic mass is 9.98. The highest BCUT2D eigenvalue weighted by molar-refractivity contribution is 7.07. The Labute approximate surface area is 105 Å². The molecule has 0 fully saturated rings. The summed E-state index contributed by atoms with van der Waals surface area (Å²) < 4.78 is 5.26. The Balaban J connectivity index is 2.42. The van der Waals surface area contributed by atoms with Crippen LogP contribution in [0.2, 0.25) is 0 Å². The minimum atomic E-state index is -0.661. The number of aliphatic hydroxyl groups excluding tert-OH is 1. The molecule has 2 rings (SSSR count). The van der Waals surface area contributed by atoms with Gasteiger partial charge in [0.2, 0.25) is 0 Å². The van der Waals surface area contributed by atoms with Crippen LogP contribution in [0.5, 0.6) is 5.75 Å². The molecule has 17 heavy (non-hydrogen) atoms. The molecule has 0 saturated carbocycles. The van der Waals surface area contributed by atoms with Gasteiger partial charge in [-0.2, -0.15) is 0 Å². The Bertz CT molecular complexity index is 508. The third-order valence-corrected chi connectivity index (χ3v) is 3.41. The quantitative estimate of drug-likeness (QED) is 0.909. The number of nitrogens with zero attached hydrogens (tertiary/aromatic N) is 1. The van der Waals surface area contributed by atoms with E-state index in [-0.39, 0.29) is 0 Å². The summed E-state index contributed by atoms with van der Waals surface area (Å²) in [5, 5.41) is 12.1. The third kappa shape index (κ3) is 2.33. The van der Waals surface area contributed by atoms with Gasteiger partial charge in [-0.15, -0.1) is 11.3 Å². The van der Waals surface area contributed by atoms with Gasteiger partial charge in [-0.3, -0.25) is 0 Å². The summed E-state index contributed by atoms with van der Waals surface area (Å²) in [7, 11) is 1.65. The molecule has 3 nitrogen and oxygen atoms in total. The zero-order chi connectivity index (χ0) is 12.4. The van der Waals surface area contributed by atoms with Crippen molar-refractivity contribution in [3.8, 4) is 5.75 Å². The summed E-state index contributed by atoms with van der Waals surface area (Å²) in [6.07, 6.45) is -0.661. The lowest BCUT2D eigenvalue weighted by molar-refractivity contribution is 0.215. The van der Waals surface area contributed by atoms with Crippen LogP contribution in [0.25, 0.3) is 0 Å². The monoisotopic (exact) mass is 249 g/mol. The van der Waals surface area contributed by atoms with Crippen LogP contribution in [0.1, 0.15) is 28.5 Å². The number of ether oxygens (including phenoxy) is 1. The number of benzene rings is 1. The van der Waals surface area contributed by atoms with Gasteiger partial charge >= 0.3 is 0 Å². The van der Waals surface area contributed by atoms with Gasteiger partial charge in [-0.1, -0.05) is 0 Å². The minimum absolute atomic E-state index is 0.661. The lowest BCUT2D eigenvalue weighted by Crippen LogP contribution is -2.03. The van der Waals surface area contributed by atoms with Crippen molar-refractivity contribution in [3.05, 3.63) is 45.4 Å². The predicted molar refractivity (Wildman–Crippen MR) is 68.6 cm³/mol. The second kappa shape index (κ2) is 4.85. The van der Waals surface area contributed by atoms with Gasteiger partial charge in [-0.25, -0.2) is 4.98 Å². The van der Waals surface area contributed by atoms with E-state index in [4.69, 9.17) is 4.74 Å². The highest BCUT2D eigenvalue weighted by Gasteiger charge is 2.16. The van der Waals surface area contributed by atoms with Gasteiger partial charge in [0.15, 0.2) is 0 Å². The van der Waals surface area contributed by atoms with Crippen LogP contribution in [0, 0.1) is 13.8 Å². The Morgan fingerprint density at radius 3 is 2.65 bits per heavy atom. The molecule has 0 bridgehead atoms. The van der Waals surface area contributed by atoms with Crippen LogP contribution in [0.15, 0.2) is 23.0 Å². The third-order valence-electron chi connectivity index (χ3n) is 2.81. The Morgan fingerprint density at radius 1 is 1.29 bits per heavy atom. The Morgan fingerprint density at radius 2 is 2.06 bits per heavy atom. The molecule has 0 aliphatic heterocycles. The van der Waals surface area contributed by atoms with Crippen molar-refractivity contribution in [2.45, 2.75) is 20.0 Å². The maximum absolute atomic E-state index is 10.3. The number of rotatable bonds is 3. The minimum Gasteiger partial charge on any atom is -0.496 e. The van der Waals surface area contributed by atoms with Crippen molar-refractivity contribution >= 4 is 11.3 Å². The smallest absolute Gasteiger partial charge is 0.122 e. The van der Waals surface area contributed by atoms with Crippen LogP contribution < -0.4 is 4.74 Å². The zero-order valence-corrected chi connectivity index (χ0v) is 10.9. The molecule has 0 spiro atoms. The summed E-state index contributed by atoms with van der Waals surface area (Å²) in [6, 6.07) is 3.90. The second-order valence-corrected chi connectivity index (χ2v) is 4.71. The first-order chi connectivity index (χ1) is 8.13. The SMILES string of the molecule is COc1cc(C)c(C(O)c2cscn2)cc1C. The molecule has 1 N–H and O–H groups in total. The fraction of sp³-hybridized carbons (Fsp3) is 0.308. The predicted octanol–water partition coefficient (Wildman–Crippen LogP) is 2.85. The molecule has 0 aliphatic rings. The molecule has 2 aromatic rings. The van der Waals surface area contributed by atoms with Crippen LogP contribution in [-0.2, 0) is 0 Å². The van der Waals surface area contributed by atoms with Gasteiger partial charge < -0.3 is 9.84 Å². The summed E-state index contributed by atoms with van der Waals surface area (Å²) in [4.78, 5) is 4.14. The number of aryl methyl sites for hydroxylation is 2. The molecular weight excluding hydrogens is 234 g/mol. The number of hydrogen-bond donors (Lipinski definition) is 1. The van der Waals surface area contributed by atoms with Gasteiger partial charge in [0.05, 0.1) is 18.3 Å². The Hall–Kier alpha value is -1.39. The van der Waals surface area contributed by atoms with Crippen molar-refractivity contribution in [2.75, 3.05) is 7.11 Å². The first-order valence-electron chi connectivity index (χ1n) is 5.34. The summed E-state index contributed by atoms with van der Waals surface area (Å²) in [5.74, 6) is 0.844. The fourth-order valence-electron chi connectivity index (χ4n) is 1.84. The van der Waals surface area contributed by atoms with Crippen LogP contribution >= 0.6 is 11.3 Å². The van der Waals surface area contributed by atoms with E-state index in [9.17, 15) is 5.11 Å². The van der Waals surface area contributed by atoms with Crippen molar-refractivity contribution in [1.29, 1.82) is 0 Å². The maximum Gasteiger partial charge on any atom is 0.122 e. The normalized spacial score (nSPS) is 12.5. The lowest BCUT2D eigenvalue weighted by Gasteiger charge is -2.15. The molecule has 1 atom stereocenters. The maximum atomic E-state index is 10.3. The van der Waals surface area contributed by atoms with E-state index in [1.807, 2.05) is 31.4 Å². The van der Waals surface area contributed by atoms with E-state index in [1.165, 1.54) is 11.3 Å². The van der Waals surface area contributed by atoms with E-state index < -0.39 is 6.10 Å². The van der Waals surface area contributed by atoms with Crippen LogP contribution in [0.4, 0.5) is 0 Å². The summed E-state index contributed by atoms with van der Waals surface area (Å²) in [5.41, 5.74) is 5.33. The number of hydrogen-bond acceptors (Lipinski definition) is 4. The topological polar surface area (TPSA) is 42.4 Å². The second-order valence-electron chi connectivity index (χ2n) is 3.99. The number of thiazole rings is 1. The summed E-state index contributed by atoms with van der Waals surface area (Å²) >= 11 is 1.48. The molecule has 90 valence electrons. The molecule has 0 aliphatic carbocycles. The molecule has 0 saturated heterocycles. The van der Waals surface area contributed by atoms with Crippen molar-refractivity contribution < 1.29 is 9.84 Å². The molecule has 1 unspecified atom stereocenters. The van der Waals surface area contributed by atoms with Gasteiger partial charge in [0.1, 0.15) is 11.9 Å². The van der Waals surface area contributed by atoms with Crippen molar-refractivity contribution in [3.63, 3.8) is 0 Å². The standard InChI is InChI=1S/C13H15NO2S/c1-8-5-12(16-3)9(2)4-10(8)13(15)11-6-17-7-14-11/h4-7,13,15H,1-3H3. The van der Waals surface area contributed by atoms with Crippen LogP contribution in [-0.4, -0.2) is 17.2 Å². The number of aromatic nitrogens is 1. The molecule has 1 heterocycles. The highest BCUT2D eigenvalue weighted by atomic mass is 32.1. The van der Waals surface area contributed by atoms with E-state index in [2.05, 4.69) is 4.98 Å². The largest absolute Gasteiger partial charge is 0.496 e. The number of aliphatic hydroxyl groups is 1. The average molecular weight is 249 g/mol. The first kappa shape index (κ1) is 12.1. The molecule has 1 aromatic heterocycles. The van der Waals surface area contributed by atoms with Crippen LogP contribution in [0.3, 0.4) is 0 Å². The molecule has 0 amide bonds. The fourth-order valence-corrected chi connectivity index (χ4v) is 2.42. The van der Waals surface area contributed by atoms with Crippen molar-refractivity contribution in [2.24, 2.45) is 0 Å². The van der Waals surface area contributed by atoms with E-state index in [0.29, 0.717) is 5.69 Å². The number of methoxy groups -OCH3 is 1. The van der Waals surface area contributed by atoms with Gasteiger partial charge in [-0.05, 0) is 42.7 Å². The van der Waals surface area contributed by atoms with E-state index in [0.717, 1.165) is 22.4 Å².